The van der Waals surface area contributed by atoms with Crippen molar-refractivity contribution < 1.29 is 5.11 Å². The summed E-state index contributed by atoms with van der Waals surface area (Å²) in [7, 11) is 1.97. The van der Waals surface area contributed by atoms with Crippen molar-refractivity contribution in [1.82, 2.24) is 4.57 Å². The summed E-state index contributed by atoms with van der Waals surface area (Å²) in [4.78, 5) is 0. The molecule has 1 N–H and O–H groups in total. The first kappa shape index (κ1) is 7.09. The number of aryl methyl sites for hydroxylation is 1. The molecule has 0 bridgehead atoms. The lowest BCUT2D eigenvalue weighted by Gasteiger charge is -1.83. The number of aliphatic hydroxyl groups excluding tert-OH is 1. The Hall–Kier alpha value is -1.02. The largest absolute Gasteiger partial charge is 0.392 e. The molecule has 54 valence electrons. The van der Waals surface area contributed by atoms with Crippen molar-refractivity contribution in [2.24, 2.45) is 7.05 Å². The van der Waals surface area contributed by atoms with Gasteiger partial charge >= 0.3 is 0 Å². The first-order valence-electron chi connectivity index (χ1n) is 3.22. The van der Waals surface area contributed by atoms with E-state index in [-0.39, 0.29) is 6.61 Å². The van der Waals surface area contributed by atoms with Gasteiger partial charge in [0.2, 0.25) is 0 Å². The highest BCUT2D eigenvalue weighted by molar-refractivity contribution is 5.47. The minimum atomic E-state index is 0.106. The van der Waals surface area contributed by atoms with Crippen molar-refractivity contribution >= 4 is 6.08 Å². The summed E-state index contributed by atoms with van der Waals surface area (Å²) in [6.45, 7) is 0.106. The van der Waals surface area contributed by atoms with Gasteiger partial charge in [-0.25, -0.2) is 0 Å². The van der Waals surface area contributed by atoms with Crippen molar-refractivity contribution in [3.05, 3.63) is 30.1 Å². The molecule has 0 aliphatic rings. The summed E-state index contributed by atoms with van der Waals surface area (Å²) in [5, 5.41) is 8.44. The molecule has 0 atom stereocenters. The van der Waals surface area contributed by atoms with E-state index in [2.05, 4.69) is 0 Å². The quantitative estimate of drug-likeness (QED) is 0.647. The third kappa shape index (κ3) is 1.74. The number of hydrogen-bond acceptors (Lipinski definition) is 1. The second-order valence-corrected chi connectivity index (χ2v) is 2.20. The van der Waals surface area contributed by atoms with Crippen molar-refractivity contribution in [1.29, 1.82) is 0 Å². The minimum absolute atomic E-state index is 0.106. The Labute approximate surface area is 60.4 Å². The Kier molecular flexibility index (Phi) is 2.29. The molecule has 0 saturated carbocycles. The van der Waals surface area contributed by atoms with E-state index in [0.29, 0.717) is 0 Å². The first-order valence-corrected chi connectivity index (χ1v) is 3.22. The van der Waals surface area contributed by atoms with Crippen LogP contribution in [0.5, 0.6) is 0 Å². The summed E-state index contributed by atoms with van der Waals surface area (Å²) in [5.41, 5.74) is 1.12. The zero-order chi connectivity index (χ0) is 7.40. The summed E-state index contributed by atoms with van der Waals surface area (Å²) in [5.74, 6) is 0. The lowest BCUT2D eigenvalue weighted by molar-refractivity contribution is 0.343. The highest BCUT2D eigenvalue weighted by atomic mass is 16.2. The van der Waals surface area contributed by atoms with E-state index in [1.807, 2.05) is 36.2 Å². The molecule has 2 nitrogen and oxygen atoms in total. The fourth-order valence-corrected chi connectivity index (χ4v) is 0.812. The molecular formula is C8H11NO. The van der Waals surface area contributed by atoms with Crippen LogP contribution >= 0.6 is 0 Å². The summed E-state index contributed by atoms with van der Waals surface area (Å²) < 4.78 is 1.97. The molecule has 10 heavy (non-hydrogen) atoms. The topological polar surface area (TPSA) is 25.2 Å². The molecule has 1 heterocycles. The number of aromatic nitrogens is 1. The van der Waals surface area contributed by atoms with Crippen LogP contribution in [0.25, 0.3) is 6.08 Å². The summed E-state index contributed by atoms with van der Waals surface area (Å²) in [6, 6.07) is 1.99. The molecule has 0 saturated heterocycles. The van der Waals surface area contributed by atoms with E-state index in [4.69, 9.17) is 5.11 Å². The zero-order valence-corrected chi connectivity index (χ0v) is 5.99. The van der Waals surface area contributed by atoms with Gasteiger partial charge in [-0.3, -0.25) is 0 Å². The van der Waals surface area contributed by atoms with Crippen molar-refractivity contribution in [2.45, 2.75) is 0 Å². The van der Waals surface area contributed by atoms with Crippen molar-refractivity contribution in [3.63, 3.8) is 0 Å². The van der Waals surface area contributed by atoms with Gasteiger partial charge in [-0.05, 0) is 11.6 Å². The van der Waals surface area contributed by atoms with Gasteiger partial charge in [0.05, 0.1) is 6.61 Å². The van der Waals surface area contributed by atoms with Crippen LogP contribution in [-0.4, -0.2) is 16.3 Å². The van der Waals surface area contributed by atoms with Crippen LogP contribution in [0.2, 0.25) is 0 Å². The smallest absolute Gasteiger partial charge is 0.0615 e. The van der Waals surface area contributed by atoms with Crippen LogP contribution < -0.4 is 0 Å². The fourth-order valence-electron chi connectivity index (χ4n) is 0.812. The maximum absolute atomic E-state index is 8.44. The number of aliphatic hydroxyl groups is 1. The Morgan fingerprint density at radius 3 is 3.00 bits per heavy atom. The number of rotatable bonds is 2. The third-order valence-corrected chi connectivity index (χ3v) is 1.27. The maximum atomic E-state index is 8.44. The van der Waals surface area contributed by atoms with Crippen LogP contribution in [0, 0.1) is 0 Å². The number of hydrogen-bond donors (Lipinski definition) is 1. The summed E-state index contributed by atoms with van der Waals surface area (Å²) >= 11 is 0. The second kappa shape index (κ2) is 3.22. The average molecular weight is 137 g/mol. The molecule has 2 heteroatoms. The monoisotopic (exact) mass is 137 g/mol. The molecule has 1 aromatic rings. The normalized spacial score (nSPS) is 11.0. The zero-order valence-electron chi connectivity index (χ0n) is 5.99. The van der Waals surface area contributed by atoms with Gasteiger partial charge in [0.15, 0.2) is 0 Å². The third-order valence-electron chi connectivity index (χ3n) is 1.27. The molecule has 0 spiro atoms. The Morgan fingerprint density at radius 1 is 1.70 bits per heavy atom. The lowest BCUT2D eigenvalue weighted by Crippen LogP contribution is -1.77. The maximum Gasteiger partial charge on any atom is 0.0615 e. The van der Waals surface area contributed by atoms with Crippen LogP contribution in [0.15, 0.2) is 24.5 Å². The van der Waals surface area contributed by atoms with Gasteiger partial charge in [-0.1, -0.05) is 12.2 Å². The number of nitrogens with zero attached hydrogens (tertiary/aromatic N) is 1. The molecule has 0 radical (unpaired) electrons. The Morgan fingerprint density at radius 2 is 2.50 bits per heavy atom. The molecule has 1 rings (SSSR count). The van der Waals surface area contributed by atoms with Crippen LogP contribution in [0.3, 0.4) is 0 Å². The highest BCUT2D eigenvalue weighted by Gasteiger charge is 1.85. The van der Waals surface area contributed by atoms with Crippen LogP contribution in [0.4, 0.5) is 0 Å². The molecule has 0 fully saturated rings. The molecule has 1 aromatic heterocycles. The Bertz CT molecular complexity index is 225. The van der Waals surface area contributed by atoms with Gasteiger partial charge in [0.1, 0.15) is 0 Å². The van der Waals surface area contributed by atoms with E-state index in [0.717, 1.165) is 5.56 Å². The first-order chi connectivity index (χ1) is 4.83. The van der Waals surface area contributed by atoms with Crippen LogP contribution in [-0.2, 0) is 7.05 Å². The standard InChI is InChI=1S/C8H11NO/c1-9-5-4-8(7-9)3-2-6-10/h2-5,7,10H,6H2,1H3. The predicted octanol–water partition coefficient (Wildman–Crippen LogP) is 1.03. The van der Waals surface area contributed by atoms with E-state index in [1.165, 1.54) is 0 Å². The predicted molar refractivity (Wildman–Crippen MR) is 41.5 cm³/mol. The van der Waals surface area contributed by atoms with Gasteiger partial charge in [0, 0.05) is 19.4 Å². The molecule has 0 amide bonds. The fraction of sp³-hybridized carbons (Fsp3) is 0.250. The van der Waals surface area contributed by atoms with Gasteiger partial charge in [-0.15, -0.1) is 0 Å². The molecule has 0 aliphatic carbocycles. The van der Waals surface area contributed by atoms with Crippen molar-refractivity contribution in [3.8, 4) is 0 Å². The highest BCUT2D eigenvalue weighted by Crippen LogP contribution is 2.00. The molecule has 0 aromatic carbocycles. The second-order valence-electron chi connectivity index (χ2n) is 2.20. The molecule has 0 aliphatic heterocycles. The van der Waals surface area contributed by atoms with E-state index < -0.39 is 0 Å². The average Bonchev–Trinajstić information content (AvgIpc) is 2.31. The summed E-state index contributed by atoms with van der Waals surface area (Å²) in [6.07, 6.45) is 7.57. The van der Waals surface area contributed by atoms with E-state index in [9.17, 15) is 0 Å². The van der Waals surface area contributed by atoms with Crippen molar-refractivity contribution in [2.75, 3.05) is 6.61 Å². The molecule has 0 unspecified atom stereocenters. The SMILES string of the molecule is Cn1ccc(C=CCO)c1. The van der Waals surface area contributed by atoms with E-state index in [1.54, 1.807) is 6.08 Å². The lowest BCUT2D eigenvalue weighted by atomic mass is 10.3. The minimum Gasteiger partial charge on any atom is -0.392 e. The Balaban J connectivity index is 2.67. The van der Waals surface area contributed by atoms with Gasteiger partial charge in [-0.2, -0.15) is 0 Å². The van der Waals surface area contributed by atoms with Gasteiger partial charge < -0.3 is 9.67 Å². The van der Waals surface area contributed by atoms with E-state index >= 15 is 0 Å². The van der Waals surface area contributed by atoms with Crippen LogP contribution in [0.1, 0.15) is 5.56 Å². The van der Waals surface area contributed by atoms with Gasteiger partial charge in [0.25, 0.3) is 0 Å². The molecular weight excluding hydrogens is 126 g/mol.